The summed E-state index contributed by atoms with van der Waals surface area (Å²) < 4.78 is 10.2. The molecule has 0 atom stereocenters. The number of hydrogen-bond acceptors (Lipinski definition) is 3. The third-order valence-corrected chi connectivity index (χ3v) is 3.46. The van der Waals surface area contributed by atoms with Crippen molar-refractivity contribution in [1.82, 2.24) is 0 Å². The van der Waals surface area contributed by atoms with E-state index in [4.69, 9.17) is 21.1 Å². The Bertz CT molecular complexity index is 682. The molecule has 21 heavy (non-hydrogen) atoms. The smallest absolute Gasteiger partial charge is 0.118 e. The molecule has 0 aliphatic carbocycles. The number of ether oxygens (including phenoxy) is 2. The summed E-state index contributed by atoms with van der Waals surface area (Å²) in [5.74, 6) is 1.47. The van der Waals surface area contributed by atoms with Crippen LogP contribution in [-0.2, 0) is 0 Å². The van der Waals surface area contributed by atoms with Crippen molar-refractivity contribution in [2.24, 2.45) is 0 Å². The quantitative estimate of drug-likeness (QED) is 0.623. The third kappa shape index (κ3) is 3.36. The van der Waals surface area contributed by atoms with Gasteiger partial charge < -0.3 is 9.47 Å². The summed E-state index contributed by atoms with van der Waals surface area (Å²) in [5.41, 5.74) is 1.94. The average Bonchev–Trinajstić information content (AvgIpc) is 2.56. The van der Waals surface area contributed by atoms with Gasteiger partial charge in [-0.1, -0.05) is 11.6 Å². The van der Waals surface area contributed by atoms with E-state index in [1.165, 1.54) is 0 Å². The Labute approximate surface area is 129 Å². The zero-order valence-corrected chi connectivity index (χ0v) is 12.5. The molecular weight excluding hydrogens is 286 g/mol. The summed E-state index contributed by atoms with van der Waals surface area (Å²) >= 11 is 6.36. The third-order valence-electron chi connectivity index (χ3n) is 3.05. The first-order valence-corrected chi connectivity index (χ1v) is 6.66. The van der Waals surface area contributed by atoms with Gasteiger partial charge in [0.05, 0.1) is 24.8 Å². The molecule has 2 aromatic carbocycles. The zero-order chi connectivity index (χ0) is 15.2. The van der Waals surface area contributed by atoms with Crippen LogP contribution in [0.3, 0.4) is 0 Å². The molecule has 0 saturated heterocycles. The summed E-state index contributed by atoms with van der Waals surface area (Å²) in [6.45, 7) is 0. The van der Waals surface area contributed by atoms with E-state index in [0.717, 1.165) is 22.6 Å². The molecule has 0 N–H and O–H groups in total. The lowest BCUT2D eigenvalue weighted by molar-refractivity contribution is 0.414. The van der Waals surface area contributed by atoms with Gasteiger partial charge in [0.25, 0.3) is 0 Å². The summed E-state index contributed by atoms with van der Waals surface area (Å²) in [6.07, 6.45) is 0. The molecule has 106 valence electrons. The van der Waals surface area contributed by atoms with Gasteiger partial charge in [0.2, 0.25) is 0 Å². The molecule has 0 amide bonds. The molecule has 2 aromatic rings. The maximum absolute atomic E-state index is 9.39. The van der Waals surface area contributed by atoms with Crippen LogP contribution in [0.4, 0.5) is 0 Å². The van der Waals surface area contributed by atoms with Crippen molar-refractivity contribution in [2.45, 2.75) is 0 Å². The fourth-order valence-electron chi connectivity index (χ4n) is 1.88. The summed E-state index contributed by atoms with van der Waals surface area (Å²) in [7, 11) is 3.20. The average molecular weight is 300 g/mol. The lowest BCUT2D eigenvalue weighted by Crippen LogP contribution is -1.88. The van der Waals surface area contributed by atoms with Crippen LogP contribution in [-0.4, -0.2) is 14.2 Å². The van der Waals surface area contributed by atoms with Crippen molar-refractivity contribution in [3.8, 4) is 17.6 Å². The minimum absolute atomic E-state index is 0.408. The SMILES string of the molecule is COc1ccc(C(Cl)=C(C#N)c2ccc(OC)cc2)cc1. The van der Waals surface area contributed by atoms with Gasteiger partial charge in [-0.2, -0.15) is 5.26 Å². The summed E-state index contributed by atoms with van der Waals surface area (Å²) in [6, 6.07) is 16.6. The maximum atomic E-state index is 9.39. The lowest BCUT2D eigenvalue weighted by atomic mass is 10.0. The molecule has 0 unspecified atom stereocenters. The Balaban J connectivity index is 2.42. The Morgan fingerprint density at radius 1 is 0.857 bits per heavy atom. The van der Waals surface area contributed by atoms with Crippen LogP contribution in [0.15, 0.2) is 48.5 Å². The number of halogens is 1. The molecule has 0 heterocycles. The minimum Gasteiger partial charge on any atom is -0.497 e. The Morgan fingerprint density at radius 2 is 1.29 bits per heavy atom. The molecule has 0 aliphatic heterocycles. The number of rotatable bonds is 4. The van der Waals surface area contributed by atoms with Crippen LogP contribution in [0.1, 0.15) is 11.1 Å². The molecule has 3 nitrogen and oxygen atoms in total. The van der Waals surface area contributed by atoms with Crippen molar-refractivity contribution in [3.63, 3.8) is 0 Å². The molecule has 0 saturated carbocycles. The molecule has 0 aliphatic rings. The number of nitriles is 1. The molecule has 0 spiro atoms. The standard InChI is InChI=1S/C17H14ClNO2/c1-20-14-7-3-12(4-8-14)16(11-19)17(18)13-5-9-15(21-2)10-6-13/h3-10H,1-2H3. The fourth-order valence-corrected chi connectivity index (χ4v) is 2.16. The van der Waals surface area contributed by atoms with E-state index in [9.17, 15) is 5.26 Å². The normalized spacial score (nSPS) is 11.3. The number of hydrogen-bond donors (Lipinski definition) is 0. The highest BCUT2D eigenvalue weighted by molar-refractivity contribution is 6.53. The van der Waals surface area contributed by atoms with E-state index in [-0.39, 0.29) is 0 Å². The summed E-state index contributed by atoms with van der Waals surface area (Å²) in [4.78, 5) is 0. The van der Waals surface area contributed by atoms with E-state index >= 15 is 0 Å². The van der Waals surface area contributed by atoms with Crippen LogP contribution in [0.5, 0.6) is 11.5 Å². The number of nitrogens with zero attached hydrogens (tertiary/aromatic N) is 1. The molecular formula is C17H14ClNO2. The monoisotopic (exact) mass is 299 g/mol. The highest BCUT2D eigenvalue weighted by atomic mass is 35.5. The van der Waals surface area contributed by atoms with Crippen LogP contribution >= 0.6 is 11.6 Å². The topological polar surface area (TPSA) is 42.2 Å². The largest absolute Gasteiger partial charge is 0.497 e. The van der Waals surface area contributed by atoms with Crippen LogP contribution in [0.25, 0.3) is 10.6 Å². The second-order valence-corrected chi connectivity index (χ2v) is 4.64. The maximum Gasteiger partial charge on any atom is 0.118 e. The first-order chi connectivity index (χ1) is 10.2. The molecule has 4 heteroatoms. The summed E-state index contributed by atoms with van der Waals surface area (Å²) in [5, 5.41) is 9.80. The van der Waals surface area contributed by atoms with Crippen molar-refractivity contribution < 1.29 is 9.47 Å². The first kappa shape index (κ1) is 15.0. The second-order valence-electron chi connectivity index (χ2n) is 4.26. The van der Waals surface area contributed by atoms with Gasteiger partial charge in [-0.3, -0.25) is 0 Å². The Kier molecular flexibility index (Phi) is 4.86. The van der Waals surface area contributed by atoms with Crippen LogP contribution in [0, 0.1) is 11.3 Å². The van der Waals surface area contributed by atoms with E-state index in [1.54, 1.807) is 38.5 Å². The number of allylic oxidation sites excluding steroid dienone is 1. The van der Waals surface area contributed by atoms with E-state index in [2.05, 4.69) is 6.07 Å². The van der Waals surface area contributed by atoms with Gasteiger partial charge in [0, 0.05) is 0 Å². The van der Waals surface area contributed by atoms with Gasteiger partial charge in [-0.25, -0.2) is 0 Å². The number of methoxy groups -OCH3 is 2. The van der Waals surface area contributed by atoms with Crippen molar-refractivity contribution >= 4 is 22.2 Å². The Morgan fingerprint density at radius 3 is 1.67 bits per heavy atom. The van der Waals surface area contributed by atoms with Gasteiger partial charge in [0.1, 0.15) is 17.6 Å². The van der Waals surface area contributed by atoms with E-state index in [0.29, 0.717) is 10.6 Å². The van der Waals surface area contributed by atoms with Crippen molar-refractivity contribution in [2.75, 3.05) is 14.2 Å². The van der Waals surface area contributed by atoms with E-state index in [1.807, 2.05) is 24.3 Å². The zero-order valence-electron chi connectivity index (χ0n) is 11.8. The second kappa shape index (κ2) is 6.83. The first-order valence-electron chi connectivity index (χ1n) is 6.28. The van der Waals surface area contributed by atoms with Gasteiger partial charge in [-0.05, 0) is 59.7 Å². The van der Waals surface area contributed by atoms with Gasteiger partial charge >= 0.3 is 0 Å². The highest BCUT2D eigenvalue weighted by Gasteiger charge is 2.10. The van der Waals surface area contributed by atoms with Crippen LogP contribution in [0.2, 0.25) is 0 Å². The minimum atomic E-state index is 0.408. The fraction of sp³-hybridized carbons (Fsp3) is 0.118. The molecule has 2 rings (SSSR count). The van der Waals surface area contributed by atoms with Gasteiger partial charge in [0.15, 0.2) is 0 Å². The molecule has 0 fully saturated rings. The predicted molar refractivity (Wildman–Crippen MR) is 84.3 cm³/mol. The number of benzene rings is 2. The highest BCUT2D eigenvalue weighted by Crippen LogP contribution is 2.31. The Hall–Kier alpha value is -2.44. The van der Waals surface area contributed by atoms with Crippen molar-refractivity contribution in [3.05, 3.63) is 59.7 Å². The molecule has 0 aromatic heterocycles. The molecule has 0 bridgehead atoms. The predicted octanol–water partition coefficient (Wildman–Crippen LogP) is 4.33. The van der Waals surface area contributed by atoms with E-state index < -0.39 is 0 Å². The van der Waals surface area contributed by atoms with Crippen molar-refractivity contribution in [1.29, 1.82) is 5.26 Å². The molecule has 0 radical (unpaired) electrons. The lowest BCUT2D eigenvalue weighted by Gasteiger charge is -2.07. The van der Waals surface area contributed by atoms with Gasteiger partial charge in [-0.15, -0.1) is 0 Å². The van der Waals surface area contributed by atoms with Crippen LogP contribution < -0.4 is 9.47 Å².